The molecule has 14 atom stereocenters. The number of ketones is 2. The molecule has 27 heteroatoms. The van der Waals surface area contributed by atoms with Gasteiger partial charge in [0.2, 0.25) is 53.2 Å². The van der Waals surface area contributed by atoms with Crippen molar-refractivity contribution in [1.29, 1.82) is 0 Å². The van der Waals surface area contributed by atoms with E-state index in [2.05, 4.69) is 20.9 Å². The molecule has 0 radical (unpaired) electrons. The van der Waals surface area contributed by atoms with Crippen molar-refractivity contribution in [3.63, 3.8) is 0 Å². The molecule has 1 aliphatic carbocycles. The second kappa shape index (κ2) is 43.3. The number of hydrogen-bond acceptors (Lipinski definition) is 17. The van der Waals surface area contributed by atoms with Gasteiger partial charge in [-0.25, -0.2) is 4.79 Å². The van der Waals surface area contributed by atoms with E-state index in [4.69, 9.17) is 14.2 Å². The fraction of sp³-hybridized carbons (Fsp3) is 0.842. The van der Waals surface area contributed by atoms with Crippen LogP contribution in [0.2, 0.25) is 0 Å². The fourth-order valence-corrected chi connectivity index (χ4v) is 13.9. The first kappa shape index (κ1) is 90.9. The number of Topliss-reactive ketones (excluding diaryl/α,β-unsaturated/α-hetero) is 2. The number of nitrogens with zero attached hydrogens (tertiary/aromatic N) is 8. The number of carbonyl (C=O) groups excluding carboxylic acids is 12. The molecule has 0 unspecified atom stereocenters. The van der Waals surface area contributed by atoms with Gasteiger partial charge in [0.25, 0.3) is 0 Å². The highest BCUT2D eigenvalue weighted by molar-refractivity contribution is 6.00. The summed E-state index contributed by atoms with van der Waals surface area (Å²) in [6.45, 7) is 32.1. The number of aliphatic hydroxyl groups is 1. The second-order valence-corrected chi connectivity index (χ2v) is 31.7. The van der Waals surface area contributed by atoms with Crippen molar-refractivity contribution in [3.05, 3.63) is 0 Å². The Labute approximate surface area is 616 Å². The molecule has 27 nitrogen and oxygen atoms in total. The minimum atomic E-state index is -1.68. The molecule has 590 valence electrons. The molecule has 2 aliphatic heterocycles. The van der Waals surface area contributed by atoms with E-state index in [0.717, 1.165) is 48.7 Å². The number of ether oxygens (including phenoxy) is 3. The molecule has 3 fully saturated rings. The van der Waals surface area contributed by atoms with E-state index >= 15 is 33.6 Å². The maximum absolute atomic E-state index is 15.5. The Morgan fingerprint density at radius 3 is 1.58 bits per heavy atom. The zero-order valence-corrected chi connectivity index (χ0v) is 67.0. The molecule has 0 aromatic rings. The summed E-state index contributed by atoms with van der Waals surface area (Å²) < 4.78 is 17.3. The monoisotopic (exact) mass is 1460 g/mol. The molecule has 1 saturated carbocycles. The van der Waals surface area contributed by atoms with Gasteiger partial charge in [-0.1, -0.05) is 103 Å². The molecule has 0 bridgehead atoms. The summed E-state index contributed by atoms with van der Waals surface area (Å²) >= 11 is 0. The number of carbonyl (C=O) groups is 12. The Hall–Kier alpha value is -6.32. The summed E-state index contributed by atoms with van der Waals surface area (Å²) in [6.07, 6.45) is 2.04. The van der Waals surface area contributed by atoms with Gasteiger partial charge in [-0.2, -0.15) is 0 Å². The van der Waals surface area contributed by atoms with E-state index in [-0.39, 0.29) is 75.5 Å². The predicted molar refractivity (Wildman–Crippen MR) is 394 cm³/mol. The molecule has 0 aromatic carbocycles. The Morgan fingerprint density at radius 2 is 1.05 bits per heavy atom. The van der Waals surface area contributed by atoms with Crippen LogP contribution in [0.5, 0.6) is 0 Å². The summed E-state index contributed by atoms with van der Waals surface area (Å²) in [6, 6.07) is -11.3. The summed E-state index contributed by atoms with van der Waals surface area (Å²) in [5.74, 6) is -11.1. The fourth-order valence-electron chi connectivity index (χ4n) is 13.9. The van der Waals surface area contributed by atoms with Crippen LogP contribution in [0.3, 0.4) is 0 Å². The average Bonchev–Trinajstić information content (AvgIpc) is 1.69. The second-order valence-electron chi connectivity index (χ2n) is 31.7. The van der Waals surface area contributed by atoms with Crippen LogP contribution >= 0.6 is 0 Å². The predicted octanol–water partition coefficient (Wildman–Crippen LogP) is 5.79. The highest BCUT2D eigenvalue weighted by atomic mass is 16.5. The topological polar surface area (TPSA) is 315 Å². The van der Waals surface area contributed by atoms with Crippen LogP contribution in [0.4, 0.5) is 4.79 Å². The van der Waals surface area contributed by atoms with Gasteiger partial charge in [0.1, 0.15) is 48.3 Å². The molecule has 103 heavy (non-hydrogen) atoms. The van der Waals surface area contributed by atoms with Crippen molar-refractivity contribution < 1.29 is 76.9 Å². The van der Waals surface area contributed by atoms with Crippen molar-refractivity contribution in [1.82, 2.24) is 55.1 Å². The Kier molecular flexibility index (Phi) is 38.2. The minimum Gasteiger partial charge on any atom is -0.450 e. The van der Waals surface area contributed by atoms with E-state index in [9.17, 15) is 29.1 Å². The summed E-state index contributed by atoms with van der Waals surface area (Å²) in [5, 5.41) is 20.9. The lowest BCUT2D eigenvalue weighted by atomic mass is 9.85. The standard InChI is InChI=1S/C76H135N11O16/c1-24-57-72(96)80(17)53(15)70(94)85(22)64(54(16)102-36-29-27-33-87-34-38-101-39-35-87)62(89)44-56(48(8)9)71(95)81(18)58(40-45(2)3)61(88)43-51(13)67(91)77-52(14)69(93)82(19)59(41-46(4)5)73(97)83(20)60(42-47(6)7)74(98)84(21)63(49(10)11)75(99)86(23)65(68(92)79-57)66(90)50(12)30-26-25-28-37-103-76(100)78-55-31-32-55/h45-60,63-66,90H,24-44H2,1-23H3,(H,77,91)(H,78,100)(H,79,92)/t50-,51-,52-,53-,54-,56+,57+,58+,59+,60+,63+,64+,65+,66-/m1/s1. The number of alkyl carbamates (subject to hydrolysis) is 1. The SMILES string of the molecule is CC[C@@H]1NC(=O)[C@H]([C@H](O)[C@H](C)CCCCCOC(=O)NC2CC2)N(C)C(=O)[C@H](C(C)C)N(C)C(=O)[C@H](CC(C)C)N(C)C(=O)[C@H](CC(C)C)N(C)C(=O)[C@@H](C)NC(=O)[C@H](C)CC(=O)[C@H](CC(C)C)N(C)C(=O)[C@H](C(C)C)CC(=O)[C@H]([C@@H](C)OCCCCN2CCOCC2)N(C)C(=O)[C@@H](C)N(C)C1=O. The van der Waals surface area contributed by atoms with Crippen LogP contribution < -0.4 is 16.0 Å². The van der Waals surface area contributed by atoms with Gasteiger partial charge < -0.3 is 69.6 Å². The third-order valence-corrected chi connectivity index (χ3v) is 20.9. The van der Waals surface area contributed by atoms with E-state index in [1.54, 1.807) is 55.4 Å². The summed E-state index contributed by atoms with van der Waals surface area (Å²) in [7, 11) is 10.1. The molecule has 2 heterocycles. The zero-order valence-electron chi connectivity index (χ0n) is 67.0. The van der Waals surface area contributed by atoms with Gasteiger partial charge in [0.15, 0.2) is 11.6 Å². The molecule has 0 spiro atoms. The van der Waals surface area contributed by atoms with E-state index in [0.29, 0.717) is 45.3 Å². The van der Waals surface area contributed by atoms with Gasteiger partial charge in [-0.05, 0) is 127 Å². The largest absolute Gasteiger partial charge is 0.450 e. The molecular weight excluding hydrogens is 1320 g/mol. The zero-order chi connectivity index (χ0) is 78.2. The molecule has 4 N–H and O–H groups in total. The van der Waals surface area contributed by atoms with Crippen LogP contribution in [0.15, 0.2) is 0 Å². The van der Waals surface area contributed by atoms with Gasteiger partial charge in [-0.3, -0.25) is 57.6 Å². The lowest BCUT2D eigenvalue weighted by Gasteiger charge is -2.41. The first-order valence-electron chi connectivity index (χ1n) is 38.2. The van der Waals surface area contributed by atoms with E-state index in [1.807, 2.05) is 41.5 Å². The number of amides is 10. The average molecular weight is 1460 g/mol. The number of likely N-dealkylation sites (N-methyl/N-ethyl adjacent to an activating group) is 7. The molecule has 3 rings (SSSR count). The van der Waals surface area contributed by atoms with Crippen LogP contribution in [0.1, 0.15) is 201 Å². The van der Waals surface area contributed by atoms with Crippen molar-refractivity contribution in [2.45, 2.75) is 273 Å². The van der Waals surface area contributed by atoms with Crippen LogP contribution in [0, 0.1) is 47.3 Å². The van der Waals surface area contributed by atoms with Crippen molar-refractivity contribution in [2.24, 2.45) is 47.3 Å². The first-order chi connectivity index (χ1) is 48.1. The molecule has 3 aliphatic rings. The molecule has 2 saturated heterocycles. The number of unbranched alkanes of at least 4 members (excludes halogenated alkanes) is 3. The van der Waals surface area contributed by atoms with Crippen molar-refractivity contribution in [3.8, 4) is 0 Å². The smallest absolute Gasteiger partial charge is 0.407 e. The van der Waals surface area contributed by atoms with Gasteiger partial charge in [0, 0.05) is 99.7 Å². The Bertz CT molecular complexity index is 2790. The quantitative estimate of drug-likeness (QED) is 0.0786. The maximum Gasteiger partial charge on any atom is 0.407 e. The number of nitrogens with one attached hydrogen (secondary N) is 3. The summed E-state index contributed by atoms with van der Waals surface area (Å²) in [4.78, 5) is 188. The van der Waals surface area contributed by atoms with Gasteiger partial charge in [-0.15, -0.1) is 0 Å². The van der Waals surface area contributed by atoms with Crippen molar-refractivity contribution >= 4 is 70.8 Å². The third-order valence-electron chi connectivity index (χ3n) is 20.9. The minimum absolute atomic E-state index is 0.0208. The van der Waals surface area contributed by atoms with E-state index in [1.165, 1.54) is 87.7 Å². The van der Waals surface area contributed by atoms with Crippen molar-refractivity contribution in [2.75, 3.05) is 95.4 Å². The number of hydrogen-bond donors (Lipinski definition) is 4. The maximum atomic E-state index is 15.5. The molecule has 10 amide bonds. The van der Waals surface area contributed by atoms with Crippen LogP contribution in [0.25, 0.3) is 0 Å². The lowest BCUT2D eigenvalue weighted by Crippen LogP contribution is -2.64. The summed E-state index contributed by atoms with van der Waals surface area (Å²) in [5.41, 5.74) is 0. The van der Waals surface area contributed by atoms with Gasteiger partial charge >= 0.3 is 6.09 Å². The van der Waals surface area contributed by atoms with Crippen LogP contribution in [-0.4, -0.2) is 283 Å². The Morgan fingerprint density at radius 1 is 0.534 bits per heavy atom. The number of rotatable bonds is 25. The Balaban J connectivity index is 2.29. The lowest BCUT2D eigenvalue weighted by molar-refractivity contribution is -0.157. The normalized spacial score (nSPS) is 27.1. The highest BCUT2D eigenvalue weighted by Gasteiger charge is 2.47. The van der Waals surface area contributed by atoms with Crippen LogP contribution in [-0.2, 0) is 67.0 Å². The highest BCUT2D eigenvalue weighted by Crippen LogP contribution is 2.29. The first-order valence-corrected chi connectivity index (χ1v) is 38.2. The third kappa shape index (κ3) is 27.2. The van der Waals surface area contributed by atoms with Gasteiger partial charge in [0.05, 0.1) is 38.1 Å². The molecular formula is C76H135N11O16. The number of aliphatic hydroxyl groups excluding tert-OH is 1. The number of morpholine rings is 1. The molecule has 0 aromatic heterocycles. The van der Waals surface area contributed by atoms with E-state index < -0.39 is 167 Å².